The number of nitrogens with one attached hydrogen (secondary N) is 1. The van der Waals surface area contributed by atoms with Gasteiger partial charge in [0.2, 0.25) is 0 Å². The van der Waals surface area contributed by atoms with E-state index in [9.17, 15) is 10.2 Å². The van der Waals surface area contributed by atoms with Gasteiger partial charge in [-0.3, -0.25) is 0 Å². The lowest BCUT2D eigenvalue weighted by Crippen LogP contribution is -2.42. The topological polar surface area (TPSA) is 137 Å². The van der Waals surface area contributed by atoms with Crippen LogP contribution in [0.2, 0.25) is 0 Å². The van der Waals surface area contributed by atoms with Gasteiger partial charge in [-0.05, 0) is 57.5 Å². The first kappa shape index (κ1) is 21.6. The molecule has 1 rings (SSSR count). The van der Waals surface area contributed by atoms with Gasteiger partial charge < -0.3 is 25.6 Å². The highest BCUT2D eigenvalue weighted by Gasteiger charge is 2.12. The number of aromatic hydroxyl groups is 1. The summed E-state index contributed by atoms with van der Waals surface area (Å²) in [4.78, 5) is 13.5. The molecule has 0 aromatic heterocycles. The summed E-state index contributed by atoms with van der Waals surface area (Å²) in [5, 5.41) is 39.7. The highest BCUT2D eigenvalue weighted by atomic mass is 16.9. The summed E-state index contributed by atoms with van der Waals surface area (Å²) in [6, 6.07) is 6.71. The summed E-state index contributed by atoms with van der Waals surface area (Å²) in [6.45, 7) is 8.51. The fraction of sp³-hybridized carbons (Fsp3) is 0.533. The Bertz CT molecular complexity index is 521. The number of phenols is 1. The molecule has 0 amide bonds. The molecule has 0 saturated heterocycles. The van der Waals surface area contributed by atoms with Crippen LogP contribution in [0.1, 0.15) is 33.3 Å². The molecule has 0 radical (unpaired) electrons. The van der Waals surface area contributed by atoms with Crippen molar-refractivity contribution < 1.29 is 25.3 Å². The Morgan fingerprint density at radius 3 is 2.33 bits per heavy atom. The molecule has 0 aliphatic heterocycles. The van der Waals surface area contributed by atoms with Crippen molar-refractivity contribution in [1.29, 1.82) is 0 Å². The highest BCUT2D eigenvalue weighted by Crippen LogP contribution is 2.10. The Kier molecular flexibility index (Phi) is 9.36. The molecule has 1 unspecified atom stereocenters. The van der Waals surface area contributed by atoms with Crippen molar-refractivity contribution in [3.8, 4) is 5.75 Å². The zero-order chi connectivity index (χ0) is 18.8. The lowest BCUT2D eigenvalue weighted by molar-refractivity contribution is -0.742. The maximum atomic E-state index is 9.74. The van der Waals surface area contributed by atoms with Crippen LogP contribution in [0.5, 0.6) is 5.75 Å². The van der Waals surface area contributed by atoms with Crippen molar-refractivity contribution >= 4 is 5.71 Å². The van der Waals surface area contributed by atoms with Crippen LogP contribution < -0.4 is 5.32 Å². The second-order valence-electron chi connectivity index (χ2n) is 6.04. The molecule has 4 N–H and O–H groups in total. The van der Waals surface area contributed by atoms with E-state index < -0.39 is 11.2 Å². The molecule has 0 heterocycles. The molecule has 9 heteroatoms. The number of rotatable bonds is 6. The third kappa shape index (κ3) is 12.2. The Morgan fingerprint density at radius 2 is 1.88 bits per heavy atom. The molecule has 0 fully saturated rings. The quantitative estimate of drug-likeness (QED) is 0.349. The average molecular weight is 343 g/mol. The molecular formula is C15H25N3O6. The van der Waals surface area contributed by atoms with Crippen molar-refractivity contribution in [2.45, 2.75) is 39.3 Å². The lowest BCUT2D eigenvalue weighted by atomic mass is 10.1. The van der Waals surface area contributed by atoms with Crippen LogP contribution in [0.25, 0.3) is 0 Å². The molecule has 24 heavy (non-hydrogen) atoms. The van der Waals surface area contributed by atoms with E-state index in [-0.39, 0.29) is 17.9 Å². The van der Waals surface area contributed by atoms with Gasteiger partial charge in [0.25, 0.3) is 5.09 Å². The zero-order valence-corrected chi connectivity index (χ0v) is 14.3. The van der Waals surface area contributed by atoms with Gasteiger partial charge in [-0.2, -0.15) is 0 Å². The van der Waals surface area contributed by atoms with Crippen LogP contribution in [0, 0.1) is 10.1 Å². The third-order valence-electron chi connectivity index (χ3n) is 2.62. The van der Waals surface area contributed by atoms with E-state index in [1.165, 1.54) is 0 Å². The summed E-state index contributed by atoms with van der Waals surface area (Å²) in [7, 11) is 0. The summed E-state index contributed by atoms with van der Waals surface area (Å²) in [6.07, 6.45) is -0.606. The monoisotopic (exact) mass is 343 g/mol. The lowest BCUT2D eigenvalue weighted by Gasteiger charge is -2.22. The summed E-state index contributed by atoms with van der Waals surface area (Å²) in [5.74, 6) is 0.214. The van der Waals surface area contributed by atoms with Gasteiger partial charge in [-0.1, -0.05) is 5.16 Å². The maximum Gasteiger partial charge on any atom is 0.291 e. The second kappa shape index (κ2) is 10.4. The predicted molar refractivity (Wildman–Crippen MR) is 88.8 cm³/mol. The molecular weight excluding hydrogens is 318 g/mol. The van der Waals surface area contributed by atoms with E-state index in [0.717, 1.165) is 5.56 Å². The van der Waals surface area contributed by atoms with Crippen LogP contribution in [0.15, 0.2) is 29.4 Å². The van der Waals surface area contributed by atoms with Crippen molar-refractivity contribution in [2.24, 2.45) is 5.16 Å². The molecule has 0 saturated carbocycles. The number of phenolic OH excluding ortho intramolecular Hbond substituents is 1. The minimum absolute atomic E-state index is 0.0355. The van der Waals surface area contributed by atoms with Gasteiger partial charge in [0.15, 0.2) is 0 Å². The van der Waals surface area contributed by atoms with Gasteiger partial charge in [0.1, 0.15) is 18.5 Å². The number of benzene rings is 1. The first-order valence-electron chi connectivity index (χ1n) is 7.23. The minimum atomic E-state index is -1.50. The van der Waals surface area contributed by atoms with E-state index >= 15 is 0 Å². The average Bonchev–Trinajstić information content (AvgIpc) is 2.44. The Balaban J connectivity index is 0.00000118. The number of nitrogens with zero attached hydrogens (tertiary/aromatic N) is 2. The molecule has 9 nitrogen and oxygen atoms in total. The molecule has 0 aliphatic carbocycles. The second-order valence-corrected chi connectivity index (χ2v) is 6.04. The standard InChI is InChI=1S/C15H24N2O3.HNO3/c1-11(12-5-7-13(18)8-6-12)17-20-10-14(19)9-16-15(2,3)4;2-1(3)4/h5-8,14,16,18-19H,9-10H2,1-4H3;(H,2,3,4)/b17-11+;. The number of aliphatic hydroxyl groups excluding tert-OH is 1. The smallest absolute Gasteiger partial charge is 0.291 e. The third-order valence-corrected chi connectivity index (χ3v) is 2.62. The van der Waals surface area contributed by atoms with Crippen molar-refractivity contribution in [1.82, 2.24) is 5.32 Å². The molecule has 0 spiro atoms. The molecule has 1 atom stereocenters. The number of hydrogen-bond acceptors (Lipinski definition) is 7. The van der Waals surface area contributed by atoms with E-state index in [0.29, 0.717) is 12.3 Å². The molecule has 1 aromatic rings. The molecule has 1 aromatic carbocycles. The summed E-state index contributed by atoms with van der Waals surface area (Å²) < 4.78 is 0. The first-order valence-corrected chi connectivity index (χ1v) is 7.23. The number of aliphatic hydroxyl groups is 1. The first-order chi connectivity index (χ1) is 11.0. The Morgan fingerprint density at radius 1 is 1.38 bits per heavy atom. The number of hydrogen-bond donors (Lipinski definition) is 4. The fourth-order valence-electron chi connectivity index (χ4n) is 1.46. The molecule has 0 bridgehead atoms. The SMILES string of the molecule is C/C(=N\OCC(O)CNC(C)(C)C)c1ccc(O)cc1.O=[N+]([O-])O. The number of oxime groups is 1. The largest absolute Gasteiger partial charge is 0.508 e. The summed E-state index contributed by atoms with van der Waals surface area (Å²) in [5.41, 5.74) is 1.53. The summed E-state index contributed by atoms with van der Waals surface area (Å²) >= 11 is 0. The minimum Gasteiger partial charge on any atom is -0.508 e. The van der Waals surface area contributed by atoms with Crippen LogP contribution in [0.4, 0.5) is 0 Å². The van der Waals surface area contributed by atoms with Gasteiger partial charge in [0, 0.05) is 12.1 Å². The van der Waals surface area contributed by atoms with E-state index in [2.05, 4.69) is 10.5 Å². The normalized spacial score (nSPS) is 12.8. The van der Waals surface area contributed by atoms with Crippen LogP contribution in [-0.4, -0.2) is 51.0 Å². The highest BCUT2D eigenvalue weighted by molar-refractivity contribution is 5.98. The molecule has 0 aliphatic rings. The van der Waals surface area contributed by atoms with Gasteiger partial charge in [-0.15, -0.1) is 10.1 Å². The van der Waals surface area contributed by atoms with Crippen molar-refractivity contribution in [3.63, 3.8) is 0 Å². The van der Waals surface area contributed by atoms with Crippen LogP contribution in [-0.2, 0) is 4.84 Å². The van der Waals surface area contributed by atoms with E-state index in [1.807, 2.05) is 27.7 Å². The zero-order valence-electron chi connectivity index (χ0n) is 14.3. The van der Waals surface area contributed by atoms with Crippen molar-refractivity contribution in [2.75, 3.05) is 13.2 Å². The van der Waals surface area contributed by atoms with E-state index in [1.54, 1.807) is 24.3 Å². The van der Waals surface area contributed by atoms with Gasteiger partial charge in [-0.25, -0.2) is 0 Å². The van der Waals surface area contributed by atoms with Crippen molar-refractivity contribution in [3.05, 3.63) is 39.9 Å². The molecule has 136 valence electrons. The fourth-order valence-corrected chi connectivity index (χ4v) is 1.46. The van der Waals surface area contributed by atoms with E-state index in [4.69, 9.17) is 20.2 Å². The van der Waals surface area contributed by atoms with Gasteiger partial charge in [0.05, 0.1) is 5.71 Å². The number of β-amino-alcohol motifs (C(OH)–C–C–N with tert-alkyl or cyclic N) is 1. The predicted octanol–water partition coefficient (Wildman–Crippen LogP) is 1.53. The van der Waals surface area contributed by atoms with Crippen LogP contribution in [0.3, 0.4) is 0 Å². The Labute approximate surface area is 140 Å². The van der Waals surface area contributed by atoms with Crippen LogP contribution >= 0.6 is 0 Å². The Hall–Kier alpha value is -2.39. The maximum absolute atomic E-state index is 9.74. The van der Waals surface area contributed by atoms with Gasteiger partial charge >= 0.3 is 0 Å².